The van der Waals surface area contributed by atoms with Crippen molar-refractivity contribution >= 4 is 5.91 Å². The Balaban J connectivity index is 4.98. The second-order valence-electron chi connectivity index (χ2n) is 3.20. The minimum atomic E-state index is -0.281. The third-order valence-electron chi connectivity index (χ3n) is 1.65. The van der Waals surface area contributed by atoms with Crippen LogP contribution in [-0.4, -0.2) is 5.91 Å². The number of hydrogen-bond donors (Lipinski definition) is 3. The van der Waals surface area contributed by atoms with Crippen molar-refractivity contribution in [3.63, 3.8) is 0 Å². The lowest BCUT2D eigenvalue weighted by Gasteiger charge is -2.10. The molecule has 0 saturated heterocycles. The molecule has 4 nitrogen and oxygen atoms in total. The Morgan fingerprint density at radius 3 is 2.14 bits per heavy atom. The molecule has 4 heteroatoms. The summed E-state index contributed by atoms with van der Waals surface area (Å²) in [4.78, 5) is 11.6. The molecule has 0 atom stereocenters. The molecule has 1 amide bonds. The van der Waals surface area contributed by atoms with Gasteiger partial charge in [0.05, 0.1) is 5.82 Å². The van der Waals surface area contributed by atoms with E-state index >= 15 is 0 Å². The molecule has 14 heavy (non-hydrogen) atoms. The molecule has 0 fully saturated rings. The van der Waals surface area contributed by atoms with Gasteiger partial charge in [-0.3, -0.25) is 4.79 Å². The van der Waals surface area contributed by atoms with Crippen LogP contribution in [0.2, 0.25) is 0 Å². The van der Waals surface area contributed by atoms with Crippen molar-refractivity contribution < 1.29 is 4.79 Å². The minimum Gasteiger partial charge on any atom is -0.404 e. The maximum Gasteiger partial charge on any atom is 0.256 e. The standard InChI is InChI=1S/C10H17N3O/c1-6(2)9(7(3)5-11)10(14)13-8(4)12/h5H,4,11-12H2,1-3H3,(H,13,14)/b7-5-. The number of carbonyl (C=O) groups excluding carboxylic acids is 1. The number of rotatable bonds is 3. The number of nitrogens with one attached hydrogen (secondary N) is 1. The van der Waals surface area contributed by atoms with Crippen molar-refractivity contribution in [2.45, 2.75) is 20.8 Å². The molecule has 0 rings (SSSR count). The Kier molecular flexibility index (Phi) is 4.49. The van der Waals surface area contributed by atoms with Gasteiger partial charge in [0.2, 0.25) is 0 Å². The maximum absolute atomic E-state index is 11.6. The van der Waals surface area contributed by atoms with E-state index < -0.39 is 0 Å². The van der Waals surface area contributed by atoms with Crippen molar-refractivity contribution in [2.24, 2.45) is 11.5 Å². The molecular formula is C10H17N3O. The molecule has 0 heterocycles. The first kappa shape index (κ1) is 12.3. The van der Waals surface area contributed by atoms with E-state index in [0.29, 0.717) is 11.1 Å². The van der Waals surface area contributed by atoms with E-state index in [1.165, 1.54) is 6.20 Å². The monoisotopic (exact) mass is 195 g/mol. The van der Waals surface area contributed by atoms with E-state index in [0.717, 1.165) is 5.57 Å². The molecule has 0 saturated carbocycles. The molecule has 0 unspecified atom stereocenters. The van der Waals surface area contributed by atoms with Gasteiger partial charge < -0.3 is 16.8 Å². The summed E-state index contributed by atoms with van der Waals surface area (Å²) < 4.78 is 0. The number of hydrogen-bond acceptors (Lipinski definition) is 3. The second-order valence-corrected chi connectivity index (χ2v) is 3.20. The van der Waals surface area contributed by atoms with Gasteiger partial charge in [-0.25, -0.2) is 0 Å². The summed E-state index contributed by atoms with van der Waals surface area (Å²) in [6, 6.07) is 0. The lowest BCUT2D eigenvalue weighted by atomic mass is 10.0. The van der Waals surface area contributed by atoms with Crippen molar-refractivity contribution in [3.05, 3.63) is 35.3 Å². The Hall–Kier alpha value is -1.71. The van der Waals surface area contributed by atoms with Crippen LogP contribution in [0.1, 0.15) is 20.8 Å². The summed E-state index contributed by atoms with van der Waals surface area (Å²) in [6.45, 7) is 8.83. The molecule has 0 aliphatic carbocycles. The average Bonchev–Trinajstić information content (AvgIpc) is 2.01. The van der Waals surface area contributed by atoms with Crippen LogP contribution in [0, 0.1) is 0 Å². The lowest BCUT2D eigenvalue weighted by Crippen LogP contribution is -2.28. The largest absolute Gasteiger partial charge is 0.404 e. The fourth-order valence-corrected chi connectivity index (χ4v) is 1.09. The highest BCUT2D eigenvalue weighted by molar-refractivity contribution is 5.99. The molecule has 0 spiro atoms. The van der Waals surface area contributed by atoms with Gasteiger partial charge in [-0.2, -0.15) is 0 Å². The van der Waals surface area contributed by atoms with Gasteiger partial charge in [0.15, 0.2) is 0 Å². The maximum atomic E-state index is 11.6. The van der Waals surface area contributed by atoms with Gasteiger partial charge in [0.25, 0.3) is 5.91 Å². The smallest absolute Gasteiger partial charge is 0.256 e. The van der Waals surface area contributed by atoms with Crippen LogP contribution < -0.4 is 16.8 Å². The Bertz CT molecular complexity index is 309. The van der Waals surface area contributed by atoms with E-state index in [4.69, 9.17) is 11.5 Å². The third-order valence-corrected chi connectivity index (χ3v) is 1.65. The molecule has 0 aromatic heterocycles. The molecule has 0 aromatic carbocycles. The summed E-state index contributed by atoms with van der Waals surface area (Å²) in [5.41, 5.74) is 12.8. The van der Waals surface area contributed by atoms with E-state index in [1.54, 1.807) is 6.92 Å². The number of allylic oxidation sites excluding steroid dienone is 1. The normalized spacial score (nSPS) is 10.6. The quantitative estimate of drug-likeness (QED) is 0.458. The zero-order valence-corrected chi connectivity index (χ0v) is 8.85. The van der Waals surface area contributed by atoms with Crippen molar-refractivity contribution in [3.8, 4) is 0 Å². The van der Waals surface area contributed by atoms with Crippen molar-refractivity contribution in [2.75, 3.05) is 0 Å². The molecule has 0 aromatic rings. The first-order chi connectivity index (χ1) is 6.40. The summed E-state index contributed by atoms with van der Waals surface area (Å²) >= 11 is 0. The highest BCUT2D eigenvalue weighted by Gasteiger charge is 2.12. The first-order valence-corrected chi connectivity index (χ1v) is 4.22. The molecule has 0 bridgehead atoms. The molecular weight excluding hydrogens is 178 g/mol. The highest BCUT2D eigenvalue weighted by atomic mass is 16.1. The van der Waals surface area contributed by atoms with Gasteiger partial charge in [0, 0.05) is 5.57 Å². The van der Waals surface area contributed by atoms with Crippen LogP contribution >= 0.6 is 0 Å². The van der Waals surface area contributed by atoms with Crippen LogP contribution in [0.5, 0.6) is 0 Å². The number of nitrogens with two attached hydrogens (primary N) is 2. The van der Waals surface area contributed by atoms with Crippen molar-refractivity contribution in [1.82, 2.24) is 5.32 Å². The highest BCUT2D eigenvalue weighted by Crippen LogP contribution is 2.13. The molecule has 5 N–H and O–H groups in total. The van der Waals surface area contributed by atoms with Crippen LogP contribution in [-0.2, 0) is 4.79 Å². The van der Waals surface area contributed by atoms with E-state index in [-0.39, 0.29) is 11.7 Å². The summed E-state index contributed by atoms with van der Waals surface area (Å²) in [6.07, 6.45) is 1.39. The molecule has 78 valence electrons. The summed E-state index contributed by atoms with van der Waals surface area (Å²) in [5.74, 6) is -0.157. The Labute approximate surface area is 84.3 Å². The Morgan fingerprint density at radius 2 is 1.86 bits per heavy atom. The second kappa shape index (κ2) is 5.11. The van der Waals surface area contributed by atoms with Gasteiger partial charge in [-0.1, -0.05) is 12.2 Å². The van der Waals surface area contributed by atoms with Gasteiger partial charge in [-0.05, 0) is 32.5 Å². The average molecular weight is 195 g/mol. The first-order valence-electron chi connectivity index (χ1n) is 4.22. The molecule has 0 aliphatic heterocycles. The third kappa shape index (κ3) is 3.35. The minimum absolute atomic E-state index is 0.124. The summed E-state index contributed by atoms with van der Waals surface area (Å²) in [7, 11) is 0. The van der Waals surface area contributed by atoms with Gasteiger partial charge in [0.1, 0.15) is 0 Å². The fourth-order valence-electron chi connectivity index (χ4n) is 1.09. The SMILES string of the molecule is C=C(N)NC(=O)C(=C(C)C)/C(C)=C\N. The molecule has 0 aliphatic rings. The van der Waals surface area contributed by atoms with E-state index in [1.807, 2.05) is 13.8 Å². The fraction of sp³-hybridized carbons (Fsp3) is 0.300. The van der Waals surface area contributed by atoms with Crippen molar-refractivity contribution in [1.29, 1.82) is 0 Å². The predicted octanol–water partition coefficient (Wildman–Crippen LogP) is 0.731. The zero-order chi connectivity index (χ0) is 11.3. The summed E-state index contributed by atoms with van der Waals surface area (Å²) in [5, 5.41) is 2.43. The van der Waals surface area contributed by atoms with Crippen LogP contribution in [0.3, 0.4) is 0 Å². The Morgan fingerprint density at radius 1 is 1.36 bits per heavy atom. The van der Waals surface area contributed by atoms with Crippen LogP contribution in [0.15, 0.2) is 35.3 Å². The van der Waals surface area contributed by atoms with E-state index in [2.05, 4.69) is 11.9 Å². The topological polar surface area (TPSA) is 81.1 Å². The van der Waals surface area contributed by atoms with Crippen LogP contribution in [0.25, 0.3) is 0 Å². The zero-order valence-electron chi connectivity index (χ0n) is 8.85. The number of amides is 1. The predicted molar refractivity (Wildman–Crippen MR) is 57.8 cm³/mol. The van der Waals surface area contributed by atoms with Crippen LogP contribution in [0.4, 0.5) is 0 Å². The molecule has 0 radical (unpaired) electrons. The van der Waals surface area contributed by atoms with E-state index in [9.17, 15) is 4.79 Å². The lowest BCUT2D eigenvalue weighted by molar-refractivity contribution is -0.116. The van der Waals surface area contributed by atoms with Gasteiger partial charge >= 0.3 is 0 Å². The van der Waals surface area contributed by atoms with Gasteiger partial charge in [-0.15, -0.1) is 0 Å². The number of carbonyl (C=O) groups is 1.